The summed E-state index contributed by atoms with van der Waals surface area (Å²) in [4.78, 5) is 23.0. The van der Waals surface area contributed by atoms with Crippen LogP contribution in [0.5, 0.6) is 5.75 Å². The molecule has 2 aromatic rings. The van der Waals surface area contributed by atoms with E-state index in [0.29, 0.717) is 24.2 Å². The third-order valence-corrected chi connectivity index (χ3v) is 6.41. The van der Waals surface area contributed by atoms with Crippen molar-refractivity contribution in [2.45, 2.75) is 20.3 Å². The van der Waals surface area contributed by atoms with Crippen LogP contribution in [0, 0.1) is 17.0 Å². The molecule has 0 bridgehead atoms. The molecule has 1 heterocycles. The first kappa shape index (κ1) is 19.8. The Bertz CT molecular complexity index is 1050. The number of fused-ring (bicyclic) bond motifs is 1. The molecule has 0 radical (unpaired) electrons. The monoisotopic (exact) mass is 404 g/mol. The molecule has 3 rings (SSSR count). The Labute approximate surface area is 162 Å². The van der Waals surface area contributed by atoms with Crippen LogP contribution in [0.1, 0.15) is 28.4 Å². The van der Waals surface area contributed by atoms with Gasteiger partial charge in [0.15, 0.2) is 18.1 Å². The van der Waals surface area contributed by atoms with Gasteiger partial charge in [-0.2, -0.15) is 0 Å². The highest BCUT2D eigenvalue weighted by molar-refractivity contribution is 7.92. The van der Waals surface area contributed by atoms with Gasteiger partial charge >= 0.3 is 5.69 Å². The van der Waals surface area contributed by atoms with E-state index in [1.807, 2.05) is 0 Å². The summed E-state index contributed by atoms with van der Waals surface area (Å²) in [5, 5.41) is 11.1. The summed E-state index contributed by atoms with van der Waals surface area (Å²) >= 11 is 0. The fraction of sp³-hybridized carbons (Fsp3) is 0.316. The largest absolute Gasteiger partial charge is 0.478 e. The summed E-state index contributed by atoms with van der Waals surface area (Å²) in [6.45, 7) is 3.37. The Morgan fingerprint density at radius 2 is 2.00 bits per heavy atom. The third kappa shape index (κ3) is 3.84. The quantitative estimate of drug-likeness (QED) is 0.399. The standard InChI is InChI=1S/C19H20N2O6S/c1-3-28(25,26)20-9-8-14-11-15(5-7-16(14)20)18(22)12-27-19-10-13(2)4-6-17(19)21(23)24/h4-7,10-11H,3,8-9,12H2,1-2H3. The number of rotatable bonds is 7. The summed E-state index contributed by atoms with van der Waals surface area (Å²) in [5.74, 6) is -0.286. The van der Waals surface area contributed by atoms with Crippen molar-refractivity contribution in [3.63, 3.8) is 0 Å². The second-order valence-corrected chi connectivity index (χ2v) is 8.69. The summed E-state index contributed by atoms with van der Waals surface area (Å²) in [6.07, 6.45) is 0.528. The second-order valence-electron chi connectivity index (χ2n) is 6.51. The Morgan fingerprint density at radius 1 is 1.25 bits per heavy atom. The Balaban J connectivity index is 1.77. The van der Waals surface area contributed by atoms with Crippen LogP contribution in [0.25, 0.3) is 0 Å². The zero-order valence-electron chi connectivity index (χ0n) is 15.5. The van der Waals surface area contributed by atoms with E-state index in [0.717, 1.165) is 11.1 Å². The molecule has 0 atom stereocenters. The smallest absolute Gasteiger partial charge is 0.310 e. The molecule has 1 aliphatic heterocycles. The fourth-order valence-electron chi connectivity index (χ4n) is 3.10. The SMILES string of the molecule is CCS(=O)(=O)N1CCc2cc(C(=O)COc3cc(C)ccc3[N+](=O)[O-])ccc21. The van der Waals surface area contributed by atoms with Crippen LogP contribution in [-0.2, 0) is 16.4 Å². The van der Waals surface area contributed by atoms with Crippen molar-refractivity contribution in [2.75, 3.05) is 23.2 Å². The van der Waals surface area contributed by atoms with E-state index in [9.17, 15) is 23.3 Å². The van der Waals surface area contributed by atoms with E-state index < -0.39 is 14.9 Å². The number of ether oxygens (including phenoxy) is 1. The van der Waals surface area contributed by atoms with Gasteiger partial charge in [0.25, 0.3) is 0 Å². The molecular weight excluding hydrogens is 384 g/mol. The van der Waals surface area contributed by atoms with Crippen molar-refractivity contribution in [3.05, 3.63) is 63.2 Å². The molecular formula is C19H20N2O6S. The van der Waals surface area contributed by atoms with E-state index in [1.54, 1.807) is 38.1 Å². The number of sulfonamides is 1. The summed E-state index contributed by atoms with van der Waals surface area (Å²) in [7, 11) is -3.35. The number of benzene rings is 2. The molecule has 0 saturated heterocycles. The summed E-state index contributed by atoms with van der Waals surface area (Å²) in [5.41, 5.74) is 2.33. The minimum absolute atomic E-state index is 0.0102. The number of hydrogen-bond acceptors (Lipinski definition) is 6. The lowest BCUT2D eigenvalue weighted by atomic mass is 10.1. The van der Waals surface area contributed by atoms with Gasteiger partial charge in [-0.05, 0) is 55.7 Å². The van der Waals surface area contributed by atoms with Gasteiger partial charge in [0.05, 0.1) is 16.4 Å². The average Bonchev–Trinajstić information content (AvgIpc) is 3.10. The molecule has 0 fully saturated rings. The van der Waals surface area contributed by atoms with Gasteiger partial charge in [0.1, 0.15) is 0 Å². The van der Waals surface area contributed by atoms with E-state index >= 15 is 0 Å². The van der Waals surface area contributed by atoms with Crippen LogP contribution in [0.2, 0.25) is 0 Å². The second kappa shape index (κ2) is 7.59. The molecule has 0 aromatic heterocycles. The number of carbonyl (C=O) groups is 1. The number of nitro benzene ring substituents is 1. The number of nitrogens with zero attached hydrogens (tertiary/aromatic N) is 2. The van der Waals surface area contributed by atoms with E-state index in [1.165, 1.54) is 16.4 Å². The molecule has 1 aliphatic rings. The fourth-order valence-corrected chi connectivity index (χ4v) is 4.26. The van der Waals surface area contributed by atoms with Crippen molar-refractivity contribution < 1.29 is 22.9 Å². The van der Waals surface area contributed by atoms with Crippen molar-refractivity contribution in [2.24, 2.45) is 0 Å². The van der Waals surface area contributed by atoms with Gasteiger partial charge in [-0.3, -0.25) is 19.2 Å². The normalized spacial score (nSPS) is 13.3. The predicted molar refractivity (Wildman–Crippen MR) is 105 cm³/mol. The highest BCUT2D eigenvalue weighted by Crippen LogP contribution is 2.32. The number of hydrogen-bond donors (Lipinski definition) is 0. The zero-order valence-corrected chi connectivity index (χ0v) is 16.4. The van der Waals surface area contributed by atoms with Gasteiger partial charge in [0.2, 0.25) is 10.0 Å². The molecule has 0 N–H and O–H groups in total. The maximum Gasteiger partial charge on any atom is 0.310 e. The van der Waals surface area contributed by atoms with E-state index in [2.05, 4.69) is 0 Å². The van der Waals surface area contributed by atoms with Crippen molar-refractivity contribution >= 4 is 27.2 Å². The molecule has 148 valence electrons. The Kier molecular flexibility index (Phi) is 5.37. The molecule has 0 saturated carbocycles. The van der Waals surface area contributed by atoms with Crippen LogP contribution in [-0.4, -0.2) is 38.0 Å². The van der Waals surface area contributed by atoms with Gasteiger partial charge in [0, 0.05) is 18.2 Å². The van der Waals surface area contributed by atoms with E-state index in [-0.39, 0.29) is 29.6 Å². The molecule has 2 aromatic carbocycles. The lowest BCUT2D eigenvalue weighted by molar-refractivity contribution is -0.385. The van der Waals surface area contributed by atoms with E-state index in [4.69, 9.17) is 4.74 Å². The van der Waals surface area contributed by atoms with Gasteiger partial charge < -0.3 is 4.74 Å². The first-order valence-electron chi connectivity index (χ1n) is 8.77. The summed E-state index contributed by atoms with van der Waals surface area (Å²) < 4.78 is 31.1. The minimum atomic E-state index is -3.35. The number of anilines is 1. The highest BCUT2D eigenvalue weighted by Gasteiger charge is 2.28. The van der Waals surface area contributed by atoms with Gasteiger partial charge in [-0.25, -0.2) is 8.42 Å². The van der Waals surface area contributed by atoms with Crippen molar-refractivity contribution in [1.82, 2.24) is 0 Å². The predicted octanol–water partition coefficient (Wildman–Crippen LogP) is 2.88. The first-order chi connectivity index (χ1) is 13.2. The Hall–Kier alpha value is -2.94. The molecule has 0 amide bonds. The molecule has 8 nitrogen and oxygen atoms in total. The third-order valence-electron chi connectivity index (χ3n) is 4.63. The van der Waals surface area contributed by atoms with Crippen LogP contribution < -0.4 is 9.04 Å². The number of aryl methyl sites for hydroxylation is 1. The molecule has 28 heavy (non-hydrogen) atoms. The lowest BCUT2D eigenvalue weighted by Crippen LogP contribution is -2.30. The van der Waals surface area contributed by atoms with Crippen molar-refractivity contribution in [3.8, 4) is 5.75 Å². The van der Waals surface area contributed by atoms with Crippen LogP contribution in [0.15, 0.2) is 36.4 Å². The zero-order chi connectivity index (χ0) is 20.5. The van der Waals surface area contributed by atoms with Crippen LogP contribution in [0.3, 0.4) is 0 Å². The average molecular weight is 404 g/mol. The maximum atomic E-state index is 12.5. The van der Waals surface area contributed by atoms with Crippen LogP contribution >= 0.6 is 0 Å². The first-order valence-corrected chi connectivity index (χ1v) is 10.4. The Morgan fingerprint density at radius 3 is 2.68 bits per heavy atom. The summed E-state index contributed by atoms with van der Waals surface area (Å²) in [6, 6.07) is 9.30. The van der Waals surface area contributed by atoms with Gasteiger partial charge in [-0.15, -0.1) is 0 Å². The number of nitro groups is 1. The van der Waals surface area contributed by atoms with Crippen LogP contribution in [0.4, 0.5) is 11.4 Å². The van der Waals surface area contributed by atoms with Gasteiger partial charge in [-0.1, -0.05) is 6.07 Å². The van der Waals surface area contributed by atoms with Crippen molar-refractivity contribution in [1.29, 1.82) is 0 Å². The molecule has 0 spiro atoms. The molecule has 0 aliphatic carbocycles. The maximum absolute atomic E-state index is 12.5. The number of Topliss-reactive ketones (excluding diaryl/α,β-unsaturated/α-hetero) is 1. The highest BCUT2D eigenvalue weighted by atomic mass is 32.2. The lowest BCUT2D eigenvalue weighted by Gasteiger charge is -2.18. The number of carbonyl (C=O) groups excluding carboxylic acids is 1. The topological polar surface area (TPSA) is 107 Å². The molecule has 0 unspecified atom stereocenters. The minimum Gasteiger partial charge on any atom is -0.478 e. The number of ketones is 1. The molecule has 9 heteroatoms.